The Balaban J connectivity index is 1.96. The second-order valence-electron chi connectivity index (χ2n) is 6.69. The monoisotopic (exact) mass is 347 g/mol. The van der Waals surface area contributed by atoms with Crippen molar-refractivity contribution in [3.63, 3.8) is 0 Å². The van der Waals surface area contributed by atoms with Gasteiger partial charge < -0.3 is 20.1 Å². The molecule has 25 heavy (non-hydrogen) atoms. The predicted molar refractivity (Wildman–Crippen MR) is 103 cm³/mol. The molecule has 1 aromatic rings. The van der Waals surface area contributed by atoms with Gasteiger partial charge in [-0.1, -0.05) is 24.6 Å². The summed E-state index contributed by atoms with van der Waals surface area (Å²) in [5.74, 6) is 1.79. The molecule has 0 atom stereocenters. The standard InChI is InChI=1S/C20H33N3O2/c1-4-21-19(23-16-20(11-8-12-20)13-14-24-3)22-15-17-9-6-7-10-18(17)25-5-2/h6-7,9-10H,4-5,8,11-16H2,1-3H3,(H2,21,22,23). The summed E-state index contributed by atoms with van der Waals surface area (Å²) in [6, 6.07) is 8.10. The predicted octanol–water partition coefficient (Wildman–Crippen LogP) is 3.35. The lowest BCUT2D eigenvalue weighted by molar-refractivity contribution is 0.0732. The summed E-state index contributed by atoms with van der Waals surface area (Å²) < 4.78 is 11.0. The van der Waals surface area contributed by atoms with E-state index in [1.165, 1.54) is 19.3 Å². The lowest BCUT2D eigenvalue weighted by Crippen LogP contribution is -2.46. The Morgan fingerprint density at radius 3 is 2.64 bits per heavy atom. The van der Waals surface area contributed by atoms with Crippen molar-refractivity contribution in [2.45, 2.75) is 46.1 Å². The van der Waals surface area contributed by atoms with Crippen molar-refractivity contribution in [1.29, 1.82) is 0 Å². The molecule has 0 unspecified atom stereocenters. The van der Waals surface area contributed by atoms with Gasteiger partial charge in [0.15, 0.2) is 5.96 Å². The fourth-order valence-electron chi connectivity index (χ4n) is 3.22. The lowest BCUT2D eigenvalue weighted by atomic mass is 9.67. The zero-order valence-electron chi connectivity index (χ0n) is 15.9. The van der Waals surface area contributed by atoms with Gasteiger partial charge in [-0.25, -0.2) is 4.99 Å². The second-order valence-corrected chi connectivity index (χ2v) is 6.69. The lowest BCUT2D eigenvalue weighted by Gasteiger charge is -2.42. The molecule has 5 nitrogen and oxygen atoms in total. The van der Waals surface area contributed by atoms with Crippen LogP contribution in [-0.2, 0) is 11.3 Å². The average Bonchev–Trinajstić information content (AvgIpc) is 2.59. The number of rotatable bonds is 10. The van der Waals surface area contributed by atoms with Crippen molar-refractivity contribution in [2.75, 3.05) is 33.4 Å². The van der Waals surface area contributed by atoms with E-state index >= 15 is 0 Å². The largest absolute Gasteiger partial charge is 0.494 e. The third-order valence-corrected chi connectivity index (χ3v) is 4.91. The zero-order chi connectivity index (χ0) is 18.0. The molecule has 0 bridgehead atoms. The van der Waals surface area contributed by atoms with Crippen LogP contribution in [0.5, 0.6) is 5.75 Å². The Bertz CT molecular complexity index is 541. The van der Waals surface area contributed by atoms with Gasteiger partial charge in [0, 0.05) is 32.4 Å². The van der Waals surface area contributed by atoms with E-state index in [2.05, 4.69) is 23.6 Å². The van der Waals surface area contributed by atoms with Crippen LogP contribution in [0.4, 0.5) is 0 Å². The summed E-state index contributed by atoms with van der Waals surface area (Å²) in [6.45, 7) is 8.01. The molecule has 5 heteroatoms. The fourth-order valence-corrected chi connectivity index (χ4v) is 3.22. The minimum absolute atomic E-state index is 0.370. The van der Waals surface area contributed by atoms with Crippen molar-refractivity contribution in [2.24, 2.45) is 10.4 Å². The van der Waals surface area contributed by atoms with Crippen molar-refractivity contribution in [3.05, 3.63) is 29.8 Å². The molecule has 2 rings (SSSR count). The Labute approximate surface area is 152 Å². The molecular weight excluding hydrogens is 314 g/mol. The highest BCUT2D eigenvalue weighted by Gasteiger charge is 2.36. The highest BCUT2D eigenvalue weighted by molar-refractivity contribution is 5.79. The van der Waals surface area contributed by atoms with Crippen LogP contribution in [0.1, 0.15) is 45.1 Å². The molecule has 0 heterocycles. The molecule has 0 saturated heterocycles. The molecule has 0 aromatic heterocycles. The first-order valence-electron chi connectivity index (χ1n) is 9.45. The summed E-state index contributed by atoms with van der Waals surface area (Å²) in [5, 5.41) is 6.88. The number of nitrogens with one attached hydrogen (secondary N) is 2. The average molecular weight is 348 g/mol. The first kappa shape index (κ1) is 19.6. The summed E-state index contributed by atoms with van der Waals surface area (Å²) in [5.41, 5.74) is 1.48. The van der Waals surface area contributed by atoms with E-state index in [4.69, 9.17) is 14.5 Å². The summed E-state index contributed by atoms with van der Waals surface area (Å²) in [6.07, 6.45) is 4.98. The topological polar surface area (TPSA) is 54.9 Å². The van der Waals surface area contributed by atoms with Gasteiger partial charge >= 0.3 is 0 Å². The Morgan fingerprint density at radius 1 is 1.20 bits per heavy atom. The van der Waals surface area contributed by atoms with E-state index in [0.29, 0.717) is 18.6 Å². The Morgan fingerprint density at radius 2 is 2.00 bits per heavy atom. The molecule has 1 aromatic carbocycles. The number of para-hydroxylation sites is 1. The molecule has 0 spiro atoms. The minimum Gasteiger partial charge on any atom is -0.494 e. The van der Waals surface area contributed by atoms with E-state index in [-0.39, 0.29) is 0 Å². The summed E-state index contributed by atoms with van der Waals surface area (Å²) in [7, 11) is 1.78. The molecule has 1 aliphatic carbocycles. The summed E-state index contributed by atoms with van der Waals surface area (Å²) >= 11 is 0. The third kappa shape index (κ3) is 5.92. The van der Waals surface area contributed by atoms with Gasteiger partial charge in [0.05, 0.1) is 13.2 Å². The van der Waals surface area contributed by atoms with Gasteiger partial charge in [0.1, 0.15) is 5.75 Å². The van der Waals surface area contributed by atoms with Crippen LogP contribution in [0, 0.1) is 5.41 Å². The van der Waals surface area contributed by atoms with Crippen molar-refractivity contribution in [1.82, 2.24) is 10.6 Å². The second kappa shape index (κ2) is 10.3. The summed E-state index contributed by atoms with van der Waals surface area (Å²) in [4.78, 5) is 4.75. The first-order valence-corrected chi connectivity index (χ1v) is 9.45. The minimum atomic E-state index is 0.370. The van der Waals surface area contributed by atoms with Gasteiger partial charge in [0.25, 0.3) is 0 Å². The number of nitrogens with zero attached hydrogens (tertiary/aromatic N) is 1. The molecule has 1 fully saturated rings. The molecule has 0 radical (unpaired) electrons. The molecule has 0 aliphatic heterocycles. The van der Waals surface area contributed by atoms with Gasteiger partial charge in [-0.2, -0.15) is 0 Å². The van der Waals surface area contributed by atoms with Gasteiger partial charge in [0.2, 0.25) is 0 Å². The van der Waals surface area contributed by atoms with Crippen LogP contribution in [0.2, 0.25) is 0 Å². The SMILES string of the molecule is CCNC(=NCc1ccccc1OCC)NCC1(CCOC)CCC1. The maximum Gasteiger partial charge on any atom is 0.191 e. The van der Waals surface area contributed by atoms with Crippen LogP contribution < -0.4 is 15.4 Å². The fraction of sp³-hybridized carbons (Fsp3) is 0.650. The van der Waals surface area contributed by atoms with Crippen LogP contribution in [0.15, 0.2) is 29.3 Å². The highest BCUT2D eigenvalue weighted by atomic mass is 16.5. The third-order valence-electron chi connectivity index (χ3n) is 4.91. The smallest absolute Gasteiger partial charge is 0.191 e. The number of hydrogen-bond donors (Lipinski definition) is 2. The molecule has 1 aliphatic rings. The van der Waals surface area contributed by atoms with Crippen molar-refractivity contribution < 1.29 is 9.47 Å². The quantitative estimate of drug-likeness (QED) is 0.503. The van der Waals surface area contributed by atoms with E-state index in [0.717, 1.165) is 43.4 Å². The number of aliphatic imine (C=N–C) groups is 1. The number of methoxy groups -OCH3 is 1. The molecule has 140 valence electrons. The number of hydrogen-bond acceptors (Lipinski definition) is 3. The number of guanidine groups is 1. The van der Waals surface area contributed by atoms with Crippen LogP contribution in [0.25, 0.3) is 0 Å². The number of ether oxygens (including phenoxy) is 2. The Kier molecular flexibility index (Phi) is 8.06. The van der Waals surface area contributed by atoms with E-state index in [1.807, 2.05) is 25.1 Å². The van der Waals surface area contributed by atoms with Crippen LogP contribution >= 0.6 is 0 Å². The van der Waals surface area contributed by atoms with Crippen molar-refractivity contribution in [3.8, 4) is 5.75 Å². The number of benzene rings is 1. The van der Waals surface area contributed by atoms with E-state index in [1.54, 1.807) is 7.11 Å². The molecule has 0 amide bonds. The van der Waals surface area contributed by atoms with Crippen molar-refractivity contribution >= 4 is 5.96 Å². The van der Waals surface area contributed by atoms with E-state index in [9.17, 15) is 0 Å². The first-order chi connectivity index (χ1) is 12.2. The van der Waals surface area contributed by atoms with Gasteiger partial charge in [-0.15, -0.1) is 0 Å². The van der Waals surface area contributed by atoms with Gasteiger partial charge in [-0.05, 0) is 44.6 Å². The molecular formula is C20H33N3O2. The highest BCUT2D eigenvalue weighted by Crippen LogP contribution is 2.43. The normalized spacial score (nSPS) is 16.2. The van der Waals surface area contributed by atoms with Gasteiger partial charge in [-0.3, -0.25) is 0 Å². The zero-order valence-corrected chi connectivity index (χ0v) is 15.9. The van der Waals surface area contributed by atoms with Crippen LogP contribution in [-0.4, -0.2) is 39.4 Å². The van der Waals surface area contributed by atoms with E-state index < -0.39 is 0 Å². The maximum atomic E-state index is 5.69. The maximum absolute atomic E-state index is 5.69. The molecule has 1 saturated carbocycles. The molecule has 2 N–H and O–H groups in total. The Hall–Kier alpha value is -1.75. The van der Waals surface area contributed by atoms with Crippen LogP contribution in [0.3, 0.4) is 0 Å².